The number of carbonyl (C=O) groups is 1. The lowest BCUT2D eigenvalue weighted by Crippen LogP contribution is -2.34. The molecule has 1 unspecified atom stereocenters. The van der Waals surface area contributed by atoms with Crippen molar-refractivity contribution in [2.75, 3.05) is 19.8 Å². The van der Waals surface area contributed by atoms with E-state index in [1.54, 1.807) is 0 Å². The summed E-state index contributed by atoms with van der Waals surface area (Å²) >= 11 is 0. The Morgan fingerprint density at radius 2 is 2.21 bits per heavy atom. The van der Waals surface area contributed by atoms with Crippen LogP contribution in [-0.4, -0.2) is 41.9 Å². The minimum atomic E-state index is -0.767. The molecule has 2 N–H and O–H groups in total. The Bertz CT molecular complexity index is 395. The van der Waals surface area contributed by atoms with Crippen LogP contribution in [0.3, 0.4) is 0 Å². The first-order chi connectivity index (χ1) is 8.99. The molecule has 5 nitrogen and oxygen atoms in total. The Balaban J connectivity index is 2.27. The van der Waals surface area contributed by atoms with Crippen LogP contribution in [0.2, 0.25) is 0 Å². The van der Waals surface area contributed by atoms with Gasteiger partial charge in [0.25, 0.3) is 5.91 Å². The average Bonchev–Trinajstić information content (AvgIpc) is 2.36. The molecule has 0 aliphatic heterocycles. The third-order valence-corrected chi connectivity index (χ3v) is 2.25. The number of hydrogen-bond donors (Lipinski definition) is 2. The van der Waals surface area contributed by atoms with Crippen LogP contribution >= 0.6 is 0 Å². The van der Waals surface area contributed by atoms with Crippen LogP contribution in [-0.2, 0) is 4.74 Å². The minimum absolute atomic E-state index is 0.0777. The zero-order chi connectivity index (χ0) is 14.3. The summed E-state index contributed by atoms with van der Waals surface area (Å²) < 4.78 is 17.8. The van der Waals surface area contributed by atoms with Gasteiger partial charge in [-0.1, -0.05) is 13.8 Å². The van der Waals surface area contributed by atoms with Crippen LogP contribution in [0.25, 0.3) is 0 Å². The maximum absolute atomic E-state index is 12.6. The predicted molar refractivity (Wildman–Crippen MR) is 68.2 cm³/mol. The van der Waals surface area contributed by atoms with Gasteiger partial charge in [-0.25, -0.2) is 4.98 Å². The van der Waals surface area contributed by atoms with Crippen molar-refractivity contribution < 1.29 is 19.0 Å². The van der Waals surface area contributed by atoms with E-state index in [2.05, 4.69) is 10.3 Å². The molecule has 0 aliphatic carbocycles. The molecule has 0 aromatic carbocycles. The van der Waals surface area contributed by atoms with E-state index in [0.29, 0.717) is 12.5 Å². The van der Waals surface area contributed by atoms with Crippen LogP contribution in [0.4, 0.5) is 4.39 Å². The van der Waals surface area contributed by atoms with Gasteiger partial charge in [-0.2, -0.15) is 4.39 Å². The van der Waals surface area contributed by atoms with Crippen molar-refractivity contribution in [3.63, 3.8) is 0 Å². The normalized spacial score (nSPS) is 12.5. The number of halogens is 1. The number of nitrogens with one attached hydrogen (secondary N) is 1. The lowest BCUT2D eigenvalue weighted by molar-refractivity contribution is 0.0259. The van der Waals surface area contributed by atoms with Gasteiger partial charge in [0, 0.05) is 19.3 Å². The smallest absolute Gasteiger partial charge is 0.252 e. The molecule has 1 atom stereocenters. The highest BCUT2D eigenvalue weighted by atomic mass is 19.1. The first kappa shape index (κ1) is 15.5. The molecule has 1 amide bonds. The van der Waals surface area contributed by atoms with Crippen LogP contribution in [0.15, 0.2) is 18.3 Å². The van der Waals surface area contributed by atoms with Gasteiger partial charge in [-0.3, -0.25) is 4.79 Å². The summed E-state index contributed by atoms with van der Waals surface area (Å²) in [6, 6.07) is 2.44. The summed E-state index contributed by atoms with van der Waals surface area (Å²) in [5.41, 5.74) is 0.247. The Kier molecular flexibility index (Phi) is 6.38. The molecule has 6 heteroatoms. The van der Waals surface area contributed by atoms with E-state index in [1.807, 2.05) is 13.8 Å². The fourth-order valence-corrected chi connectivity index (χ4v) is 1.32. The molecule has 19 heavy (non-hydrogen) atoms. The highest BCUT2D eigenvalue weighted by molar-refractivity contribution is 5.93. The number of nitrogens with zero attached hydrogens (tertiary/aromatic N) is 1. The highest BCUT2D eigenvalue weighted by Gasteiger charge is 2.10. The van der Waals surface area contributed by atoms with E-state index < -0.39 is 18.0 Å². The van der Waals surface area contributed by atoms with Crippen molar-refractivity contribution >= 4 is 5.91 Å². The third kappa shape index (κ3) is 6.26. The van der Waals surface area contributed by atoms with E-state index in [-0.39, 0.29) is 18.7 Å². The fourth-order valence-electron chi connectivity index (χ4n) is 1.32. The van der Waals surface area contributed by atoms with Gasteiger partial charge in [0.1, 0.15) is 0 Å². The Morgan fingerprint density at radius 3 is 2.79 bits per heavy atom. The number of aliphatic hydroxyl groups is 1. The number of hydrogen-bond acceptors (Lipinski definition) is 4. The largest absolute Gasteiger partial charge is 0.389 e. The molecule has 1 aromatic rings. The number of ether oxygens (including phenoxy) is 1. The predicted octanol–water partition coefficient (Wildman–Crippen LogP) is 0.984. The molecule has 1 aromatic heterocycles. The van der Waals surface area contributed by atoms with Gasteiger partial charge < -0.3 is 15.2 Å². The molecule has 1 heterocycles. The lowest BCUT2D eigenvalue weighted by Gasteiger charge is -2.13. The maximum atomic E-state index is 12.6. The number of carbonyl (C=O) groups excluding carboxylic acids is 1. The van der Waals surface area contributed by atoms with Crippen molar-refractivity contribution in [3.05, 3.63) is 29.8 Å². The quantitative estimate of drug-likeness (QED) is 0.725. The molecule has 0 aliphatic rings. The zero-order valence-corrected chi connectivity index (χ0v) is 11.1. The van der Waals surface area contributed by atoms with Crippen molar-refractivity contribution in [1.29, 1.82) is 0 Å². The second kappa shape index (κ2) is 7.81. The molecule has 0 fully saturated rings. The summed E-state index contributed by atoms with van der Waals surface area (Å²) in [7, 11) is 0. The van der Waals surface area contributed by atoms with Crippen LogP contribution in [0.1, 0.15) is 24.2 Å². The van der Waals surface area contributed by atoms with Crippen molar-refractivity contribution in [2.24, 2.45) is 5.92 Å². The standard InChI is InChI=1S/C13H19FN2O3/c1-9(2)7-19-8-11(17)6-16-13(18)10-3-4-12(14)15-5-10/h3-5,9,11,17H,6-8H2,1-2H3,(H,16,18). The summed E-state index contributed by atoms with van der Waals surface area (Å²) in [5, 5.41) is 12.1. The van der Waals surface area contributed by atoms with Gasteiger partial charge in [0.15, 0.2) is 0 Å². The molecule has 0 radical (unpaired) electrons. The molecule has 1 rings (SSSR count). The molecule has 0 saturated carbocycles. The maximum Gasteiger partial charge on any atom is 0.252 e. The molecular formula is C13H19FN2O3. The molecule has 0 saturated heterocycles. The molecule has 0 spiro atoms. The minimum Gasteiger partial charge on any atom is -0.389 e. The van der Waals surface area contributed by atoms with Crippen LogP contribution in [0.5, 0.6) is 0 Å². The number of rotatable bonds is 7. The van der Waals surface area contributed by atoms with Crippen molar-refractivity contribution in [1.82, 2.24) is 10.3 Å². The first-order valence-electron chi connectivity index (χ1n) is 6.14. The monoisotopic (exact) mass is 270 g/mol. The van der Waals surface area contributed by atoms with Gasteiger partial charge in [0.2, 0.25) is 5.95 Å². The Labute approximate surface area is 111 Å². The SMILES string of the molecule is CC(C)COCC(O)CNC(=O)c1ccc(F)nc1. The summed E-state index contributed by atoms with van der Waals surface area (Å²) in [6.45, 7) is 4.83. The van der Waals surface area contributed by atoms with Gasteiger partial charge in [-0.05, 0) is 18.1 Å². The third-order valence-electron chi connectivity index (χ3n) is 2.25. The van der Waals surface area contributed by atoms with E-state index >= 15 is 0 Å². The van der Waals surface area contributed by atoms with Crippen molar-refractivity contribution in [3.8, 4) is 0 Å². The number of aliphatic hydroxyl groups excluding tert-OH is 1. The molecular weight excluding hydrogens is 251 g/mol. The fraction of sp³-hybridized carbons (Fsp3) is 0.538. The number of pyridine rings is 1. The highest BCUT2D eigenvalue weighted by Crippen LogP contribution is 1.99. The first-order valence-corrected chi connectivity index (χ1v) is 6.14. The Morgan fingerprint density at radius 1 is 1.47 bits per heavy atom. The second-order valence-electron chi connectivity index (χ2n) is 4.66. The number of amides is 1. The van der Waals surface area contributed by atoms with E-state index in [9.17, 15) is 14.3 Å². The molecule has 106 valence electrons. The van der Waals surface area contributed by atoms with E-state index in [4.69, 9.17) is 4.74 Å². The Hall–Kier alpha value is -1.53. The van der Waals surface area contributed by atoms with E-state index in [0.717, 1.165) is 12.3 Å². The van der Waals surface area contributed by atoms with E-state index in [1.165, 1.54) is 6.07 Å². The summed E-state index contributed by atoms with van der Waals surface area (Å²) in [4.78, 5) is 15.0. The summed E-state index contributed by atoms with van der Waals surface area (Å²) in [6.07, 6.45) is 0.378. The van der Waals surface area contributed by atoms with Crippen molar-refractivity contribution in [2.45, 2.75) is 20.0 Å². The topological polar surface area (TPSA) is 71.5 Å². The van der Waals surface area contributed by atoms with Gasteiger partial charge in [0.05, 0.1) is 18.3 Å². The van der Waals surface area contributed by atoms with Gasteiger partial charge >= 0.3 is 0 Å². The second-order valence-corrected chi connectivity index (χ2v) is 4.66. The van der Waals surface area contributed by atoms with Crippen LogP contribution < -0.4 is 5.32 Å². The summed E-state index contributed by atoms with van der Waals surface area (Å²) in [5.74, 6) is -0.652. The number of aromatic nitrogens is 1. The van der Waals surface area contributed by atoms with Gasteiger partial charge in [-0.15, -0.1) is 0 Å². The lowest BCUT2D eigenvalue weighted by atomic mass is 10.2. The van der Waals surface area contributed by atoms with Crippen LogP contribution in [0, 0.1) is 11.9 Å². The molecule has 0 bridgehead atoms. The zero-order valence-electron chi connectivity index (χ0n) is 11.1. The average molecular weight is 270 g/mol.